The predicted octanol–water partition coefficient (Wildman–Crippen LogP) is 4.29. The molecule has 126 valence electrons. The Labute approximate surface area is 157 Å². The molecule has 4 rings (SSSR count). The molecule has 0 bridgehead atoms. The zero-order valence-corrected chi connectivity index (χ0v) is 15.0. The fourth-order valence-corrected chi connectivity index (χ4v) is 3.39. The number of halogens is 2. The number of aromatic nitrogens is 1. The van der Waals surface area contributed by atoms with Crippen molar-refractivity contribution in [2.45, 2.75) is 5.66 Å². The standard InChI is InChI=1S/C20H12BrFN4/c21-17-7-13(4-5-18(17)22)15-8-20(24,26-11-15)16-3-1-2-14-6-12(9-23)10-25-19(14)16/h1-8,10-11H,24H2. The molecule has 1 atom stereocenters. The highest BCUT2D eigenvalue weighted by molar-refractivity contribution is 9.10. The Kier molecular flexibility index (Phi) is 3.91. The van der Waals surface area contributed by atoms with Gasteiger partial charge in [0.2, 0.25) is 0 Å². The summed E-state index contributed by atoms with van der Waals surface area (Å²) < 4.78 is 13.9. The van der Waals surface area contributed by atoms with Crippen LogP contribution in [0, 0.1) is 17.1 Å². The van der Waals surface area contributed by atoms with Crippen molar-refractivity contribution in [3.05, 3.63) is 81.7 Å². The molecule has 0 radical (unpaired) electrons. The van der Waals surface area contributed by atoms with E-state index in [2.05, 4.69) is 32.0 Å². The third kappa shape index (κ3) is 2.71. The minimum absolute atomic E-state index is 0.324. The summed E-state index contributed by atoms with van der Waals surface area (Å²) in [7, 11) is 0. The van der Waals surface area contributed by atoms with Crippen molar-refractivity contribution in [3.8, 4) is 6.07 Å². The molecule has 0 spiro atoms. The summed E-state index contributed by atoms with van der Waals surface area (Å²) in [5.41, 5.74) is 9.02. The molecule has 0 fully saturated rings. The highest BCUT2D eigenvalue weighted by Gasteiger charge is 2.30. The number of hydrogen-bond donors (Lipinski definition) is 1. The zero-order valence-electron chi connectivity index (χ0n) is 13.4. The second-order valence-electron chi connectivity index (χ2n) is 6.03. The first kappa shape index (κ1) is 16.6. The number of pyridine rings is 1. The quantitative estimate of drug-likeness (QED) is 0.689. The molecule has 1 aromatic heterocycles. The van der Waals surface area contributed by atoms with E-state index < -0.39 is 5.66 Å². The van der Waals surface area contributed by atoms with E-state index in [0.29, 0.717) is 15.6 Å². The number of benzene rings is 2. The summed E-state index contributed by atoms with van der Waals surface area (Å²) in [5.74, 6) is -0.324. The van der Waals surface area contributed by atoms with Crippen LogP contribution in [0.2, 0.25) is 0 Å². The van der Waals surface area contributed by atoms with Gasteiger partial charge in [-0.2, -0.15) is 5.26 Å². The first-order valence-electron chi connectivity index (χ1n) is 7.82. The van der Waals surface area contributed by atoms with Crippen LogP contribution in [0.3, 0.4) is 0 Å². The lowest BCUT2D eigenvalue weighted by Gasteiger charge is -2.20. The second-order valence-corrected chi connectivity index (χ2v) is 6.88. The lowest BCUT2D eigenvalue weighted by Crippen LogP contribution is -2.31. The van der Waals surface area contributed by atoms with E-state index in [9.17, 15) is 4.39 Å². The monoisotopic (exact) mass is 406 g/mol. The topological polar surface area (TPSA) is 75.1 Å². The van der Waals surface area contributed by atoms with Gasteiger partial charge in [0.1, 0.15) is 11.9 Å². The lowest BCUT2D eigenvalue weighted by atomic mass is 9.95. The largest absolute Gasteiger partial charge is 0.300 e. The van der Waals surface area contributed by atoms with Gasteiger partial charge in [0.15, 0.2) is 5.66 Å². The van der Waals surface area contributed by atoms with Crippen molar-refractivity contribution >= 4 is 38.6 Å². The van der Waals surface area contributed by atoms with E-state index in [1.165, 1.54) is 12.3 Å². The third-order valence-corrected chi connectivity index (χ3v) is 4.92. The maximum absolute atomic E-state index is 13.5. The molecule has 2 N–H and O–H groups in total. The van der Waals surface area contributed by atoms with Crippen LogP contribution in [0.4, 0.5) is 4.39 Å². The lowest BCUT2D eigenvalue weighted by molar-refractivity contribution is 0.614. The highest BCUT2D eigenvalue weighted by atomic mass is 79.9. The number of allylic oxidation sites excluding steroid dienone is 1. The Morgan fingerprint density at radius 1 is 1.19 bits per heavy atom. The van der Waals surface area contributed by atoms with Crippen molar-refractivity contribution in [2.75, 3.05) is 0 Å². The molecule has 1 aliphatic heterocycles. The second kappa shape index (κ2) is 6.13. The van der Waals surface area contributed by atoms with Crippen molar-refractivity contribution in [2.24, 2.45) is 10.7 Å². The molecule has 0 saturated heterocycles. The summed E-state index contributed by atoms with van der Waals surface area (Å²) in [6.45, 7) is 0. The van der Waals surface area contributed by atoms with Crippen LogP contribution in [0.1, 0.15) is 16.7 Å². The average molecular weight is 407 g/mol. The summed E-state index contributed by atoms with van der Waals surface area (Å²) in [6.07, 6.45) is 5.04. The van der Waals surface area contributed by atoms with Gasteiger partial charge in [-0.3, -0.25) is 15.7 Å². The van der Waals surface area contributed by atoms with Crippen LogP contribution in [0.25, 0.3) is 16.5 Å². The molecular formula is C20H12BrFN4. The van der Waals surface area contributed by atoms with E-state index in [1.807, 2.05) is 24.3 Å². The molecule has 1 aliphatic rings. The summed E-state index contributed by atoms with van der Waals surface area (Å²) in [6, 6.07) is 14.3. The molecule has 6 heteroatoms. The Morgan fingerprint density at radius 2 is 2.04 bits per heavy atom. The molecule has 26 heavy (non-hydrogen) atoms. The third-order valence-electron chi connectivity index (χ3n) is 4.32. The van der Waals surface area contributed by atoms with Crippen LogP contribution in [0.15, 0.2) is 64.2 Å². The Morgan fingerprint density at radius 3 is 2.81 bits per heavy atom. The van der Waals surface area contributed by atoms with E-state index in [4.69, 9.17) is 11.0 Å². The van der Waals surface area contributed by atoms with Crippen LogP contribution in [-0.2, 0) is 5.66 Å². The first-order valence-corrected chi connectivity index (χ1v) is 8.61. The van der Waals surface area contributed by atoms with Crippen LogP contribution >= 0.6 is 15.9 Å². The zero-order chi connectivity index (χ0) is 18.3. The van der Waals surface area contributed by atoms with Gasteiger partial charge in [-0.25, -0.2) is 4.39 Å². The molecular weight excluding hydrogens is 395 g/mol. The minimum Gasteiger partial charge on any atom is -0.300 e. The Hall–Kier alpha value is -2.88. The summed E-state index contributed by atoms with van der Waals surface area (Å²) >= 11 is 3.20. The number of nitriles is 1. The Balaban J connectivity index is 1.82. The average Bonchev–Trinajstić information content (AvgIpc) is 3.06. The molecule has 4 nitrogen and oxygen atoms in total. The summed E-state index contributed by atoms with van der Waals surface area (Å²) in [5, 5.41) is 9.88. The van der Waals surface area contributed by atoms with Gasteiger partial charge < -0.3 is 0 Å². The number of aliphatic imine (C=N–C) groups is 1. The van der Waals surface area contributed by atoms with Gasteiger partial charge in [0, 0.05) is 23.4 Å². The molecule has 0 saturated carbocycles. The fraction of sp³-hybridized carbons (Fsp3) is 0.0500. The van der Waals surface area contributed by atoms with Gasteiger partial charge >= 0.3 is 0 Å². The molecule has 0 aliphatic carbocycles. The van der Waals surface area contributed by atoms with Crippen LogP contribution < -0.4 is 5.73 Å². The van der Waals surface area contributed by atoms with Crippen molar-refractivity contribution in [1.82, 2.24) is 4.98 Å². The van der Waals surface area contributed by atoms with Crippen molar-refractivity contribution in [1.29, 1.82) is 5.26 Å². The maximum atomic E-state index is 13.5. The van der Waals surface area contributed by atoms with Gasteiger partial charge in [-0.15, -0.1) is 0 Å². The number of nitrogens with zero attached hydrogens (tertiary/aromatic N) is 3. The van der Waals surface area contributed by atoms with E-state index >= 15 is 0 Å². The van der Waals surface area contributed by atoms with E-state index in [1.54, 1.807) is 24.4 Å². The number of hydrogen-bond acceptors (Lipinski definition) is 4. The Bertz CT molecular complexity index is 1150. The maximum Gasteiger partial charge on any atom is 0.155 e. The van der Waals surface area contributed by atoms with E-state index in [0.717, 1.165) is 22.1 Å². The van der Waals surface area contributed by atoms with Gasteiger partial charge in [-0.1, -0.05) is 24.3 Å². The molecule has 3 aromatic rings. The number of para-hydroxylation sites is 1. The number of fused-ring (bicyclic) bond motifs is 1. The molecule has 0 amide bonds. The molecule has 2 aromatic carbocycles. The van der Waals surface area contributed by atoms with E-state index in [-0.39, 0.29) is 5.82 Å². The normalized spacial score (nSPS) is 18.8. The summed E-state index contributed by atoms with van der Waals surface area (Å²) in [4.78, 5) is 8.89. The number of rotatable bonds is 2. The fourth-order valence-electron chi connectivity index (χ4n) is 3.01. The van der Waals surface area contributed by atoms with Gasteiger partial charge in [-0.05, 0) is 51.3 Å². The van der Waals surface area contributed by atoms with Crippen LogP contribution in [-0.4, -0.2) is 11.2 Å². The molecule has 2 heterocycles. The smallest absolute Gasteiger partial charge is 0.155 e. The molecule has 1 unspecified atom stereocenters. The predicted molar refractivity (Wildman–Crippen MR) is 103 cm³/mol. The van der Waals surface area contributed by atoms with Gasteiger partial charge in [0.05, 0.1) is 15.6 Å². The van der Waals surface area contributed by atoms with Gasteiger partial charge in [0.25, 0.3) is 0 Å². The van der Waals surface area contributed by atoms with Crippen molar-refractivity contribution in [3.63, 3.8) is 0 Å². The van der Waals surface area contributed by atoms with Crippen molar-refractivity contribution < 1.29 is 4.39 Å². The minimum atomic E-state index is -1.07. The first-order chi connectivity index (χ1) is 12.5. The number of nitrogens with two attached hydrogens (primary N) is 1. The van der Waals surface area contributed by atoms with Crippen LogP contribution in [0.5, 0.6) is 0 Å². The highest BCUT2D eigenvalue weighted by Crippen LogP contribution is 2.35. The SMILES string of the molecule is N#Cc1cnc2c(C3(N)C=C(c4ccc(F)c(Br)c4)C=N3)cccc2c1.